The van der Waals surface area contributed by atoms with Crippen LogP contribution >= 0.6 is 39.1 Å². The van der Waals surface area contributed by atoms with Crippen molar-refractivity contribution in [3.63, 3.8) is 0 Å². The molecule has 0 fully saturated rings. The lowest BCUT2D eigenvalue weighted by Gasteiger charge is -2.11. The van der Waals surface area contributed by atoms with Crippen molar-refractivity contribution in [1.82, 2.24) is 9.78 Å². The van der Waals surface area contributed by atoms with Crippen molar-refractivity contribution in [2.45, 2.75) is 20.1 Å². The molecule has 1 heterocycles. The van der Waals surface area contributed by atoms with E-state index in [0.29, 0.717) is 39.2 Å². The molecule has 6 nitrogen and oxygen atoms in total. The summed E-state index contributed by atoms with van der Waals surface area (Å²) in [5, 5.41) is 8.21. The van der Waals surface area contributed by atoms with Crippen LogP contribution in [0.15, 0.2) is 77.4 Å². The fourth-order valence-electron chi connectivity index (χ4n) is 3.53. The van der Waals surface area contributed by atoms with E-state index in [0.717, 1.165) is 22.4 Å². The molecule has 0 saturated carbocycles. The second-order valence-electron chi connectivity index (χ2n) is 8.27. The third kappa shape index (κ3) is 7.38. The van der Waals surface area contributed by atoms with Gasteiger partial charge < -0.3 is 14.8 Å². The molecular weight excluding hydrogens is 577 g/mol. The van der Waals surface area contributed by atoms with Crippen LogP contribution < -0.4 is 14.8 Å². The highest BCUT2D eigenvalue weighted by molar-refractivity contribution is 9.10. The minimum Gasteiger partial charge on any atom is -0.496 e. The first kappa shape index (κ1) is 26.8. The summed E-state index contributed by atoms with van der Waals surface area (Å²) >= 11 is 15.5. The Morgan fingerprint density at radius 3 is 2.59 bits per heavy atom. The lowest BCUT2D eigenvalue weighted by atomic mass is 10.1. The number of rotatable bonds is 9. The number of halogens is 3. The second-order valence-corrected chi connectivity index (χ2v) is 9.94. The van der Waals surface area contributed by atoms with Gasteiger partial charge in [0.2, 0.25) is 5.91 Å². The molecule has 3 aromatic carbocycles. The molecule has 0 unspecified atom stereocenters. The molecule has 0 spiro atoms. The van der Waals surface area contributed by atoms with E-state index in [1.54, 1.807) is 36.2 Å². The van der Waals surface area contributed by atoms with Crippen molar-refractivity contribution in [2.24, 2.45) is 0 Å². The Balaban J connectivity index is 1.39. The molecule has 4 aromatic rings. The molecule has 0 aliphatic heterocycles. The standard InChI is InChI=1S/C28H24BrCl2N3O3/c1-18-3-8-22(9-4-18)37-17-21-13-19(6-11-26(21)36-2)7-12-27(35)32-28-23(29)16-34(33-28)15-20-5-10-24(30)25(31)14-20/h3-14,16H,15,17H2,1-2H3,(H,32,33,35)/b12-7+. The summed E-state index contributed by atoms with van der Waals surface area (Å²) in [5.74, 6) is 1.59. The van der Waals surface area contributed by atoms with E-state index in [9.17, 15) is 4.79 Å². The Morgan fingerprint density at radius 2 is 1.86 bits per heavy atom. The Bertz CT molecular complexity index is 1440. The van der Waals surface area contributed by atoms with Gasteiger partial charge in [-0.15, -0.1) is 0 Å². The zero-order chi connectivity index (χ0) is 26.4. The highest BCUT2D eigenvalue weighted by Crippen LogP contribution is 2.26. The normalized spacial score (nSPS) is 11.1. The van der Waals surface area contributed by atoms with Gasteiger partial charge in [0.05, 0.1) is 28.2 Å². The van der Waals surface area contributed by atoms with Gasteiger partial charge in [0.25, 0.3) is 0 Å². The Morgan fingerprint density at radius 1 is 1.08 bits per heavy atom. The van der Waals surface area contributed by atoms with E-state index < -0.39 is 0 Å². The molecule has 0 atom stereocenters. The average molecular weight is 601 g/mol. The van der Waals surface area contributed by atoms with E-state index in [2.05, 4.69) is 26.3 Å². The number of aryl methyl sites for hydroxylation is 1. The van der Waals surface area contributed by atoms with E-state index in [1.807, 2.05) is 55.5 Å². The fourth-order valence-corrected chi connectivity index (χ4v) is 4.26. The average Bonchev–Trinajstić information content (AvgIpc) is 3.22. The third-order valence-corrected chi connectivity index (χ3v) is 6.75. The van der Waals surface area contributed by atoms with Crippen LogP contribution in [-0.2, 0) is 17.9 Å². The predicted molar refractivity (Wildman–Crippen MR) is 152 cm³/mol. The lowest BCUT2D eigenvalue weighted by Crippen LogP contribution is -2.09. The fraction of sp³-hybridized carbons (Fsp3) is 0.143. The van der Waals surface area contributed by atoms with E-state index >= 15 is 0 Å². The van der Waals surface area contributed by atoms with Gasteiger partial charge in [-0.3, -0.25) is 9.48 Å². The molecule has 37 heavy (non-hydrogen) atoms. The third-order valence-electron chi connectivity index (χ3n) is 5.43. The van der Waals surface area contributed by atoms with Crippen LogP contribution in [0.25, 0.3) is 6.08 Å². The minimum atomic E-state index is -0.311. The van der Waals surface area contributed by atoms with Crippen LogP contribution in [0.5, 0.6) is 11.5 Å². The first-order chi connectivity index (χ1) is 17.8. The number of anilines is 1. The highest BCUT2D eigenvalue weighted by Gasteiger charge is 2.10. The number of nitrogens with one attached hydrogen (secondary N) is 1. The quantitative estimate of drug-likeness (QED) is 0.201. The number of hydrogen-bond donors (Lipinski definition) is 1. The number of benzene rings is 3. The molecule has 1 amide bonds. The SMILES string of the molecule is COc1ccc(/C=C/C(=O)Nc2nn(Cc3ccc(Cl)c(Cl)c3)cc2Br)cc1COc1ccc(C)cc1. The first-order valence-corrected chi connectivity index (χ1v) is 12.9. The summed E-state index contributed by atoms with van der Waals surface area (Å²) < 4.78 is 13.7. The summed E-state index contributed by atoms with van der Waals surface area (Å²) in [4.78, 5) is 12.6. The van der Waals surface area contributed by atoms with Crippen molar-refractivity contribution in [3.05, 3.63) is 110 Å². The molecule has 1 N–H and O–H groups in total. The van der Waals surface area contributed by atoms with Crippen LogP contribution in [0, 0.1) is 6.92 Å². The zero-order valence-corrected chi connectivity index (χ0v) is 23.3. The number of methoxy groups -OCH3 is 1. The maximum Gasteiger partial charge on any atom is 0.249 e. The molecule has 0 saturated heterocycles. The van der Waals surface area contributed by atoms with E-state index in [1.165, 1.54) is 11.6 Å². The van der Waals surface area contributed by atoms with Crippen LogP contribution in [0.2, 0.25) is 10.0 Å². The Hall–Kier alpha value is -3.26. The van der Waals surface area contributed by atoms with Crippen molar-refractivity contribution in [2.75, 3.05) is 12.4 Å². The smallest absolute Gasteiger partial charge is 0.249 e. The zero-order valence-electron chi connectivity index (χ0n) is 20.2. The maximum atomic E-state index is 12.6. The first-order valence-electron chi connectivity index (χ1n) is 11.3. The highest BCUT2D eigenvalue weighted by atomic mass is 79.9. The summed E-state index contributed by atoms with van der Waals surface area (Å²) in [7, 11) is 1.62. The van der Waals surface area contributed by atoms with Gasteiger partial charge in [0.1, 0.15) is 18.1 Å². The number of amides is 1. The van der Waals surface area contributed by atoms with Crippen LogP contribution in [0.4, 0.5) is 5.82 Å². The van der Waals surface area contributed by atoms with Crippen molar-refractivity contribution in [3.8, 4) is 11.5 Å². The molecule has 190 valence electrons. The molecular formula is C28H24BrCl2N3O3. The molecule has 0 aliphatic rings. The number of hydrogen-bond acceptors (Lipinski definition) is 4. The molecule has 9 heteroatoms. The topological polar surface area (TPSA) is 65.4 Å². The van der Waals surface area contributed by atoms with Crippen LogP contribution in [-0.4, -0.2) is 22.8 Å². The number of ether oxygens (including phenoxy) is 2. The van der Waals surface area contributed by atoms with Crippen LogP contribution in [0.3, 0.4) is 0 Å². The second kappa shape index (κ2) is 12.3. The van der Waals surface area contributed by atoms with Crippen molar-refractivity contribution >= 4 is 56.9 Å². The van der Waals surface area contributed by atoms with Gasteiger partial charge in [-0.2, -0.15) is 5.10 Å². The Labute approximate surface area is 233 Å². The number of carbonyl (C=O) groups is 1. The van der Waals surface area contributed by atoms with E-state index in [-0.39, 0.29) is 5.91 Å². The summed E-state index contributed by atoms with van der Waals surface area (Å²) in [6.07, 6.45) is 4.97. The van der Waals surface area contributed by atoms with Gasteiger partial charge in [-0.1, -0.05) is 53.0 Å². The molecule has 0 aliphatic carbocycles. The van der Waals surface area contributed by atoms with Gasteiger partial charge in [-0.05, 0) is 76.5 Å². The molecule has 0 bridgehead atoms. The predicted octanol–water partition coefficient (Wildman–Crippen LogP) is 7.55. The largest absolute Gasteiger partial charge is 0.496 e. The minimum absolute atomic E-state index is 0.311. The van der Waals surface area contributed by atoms with Crippen molar-refractivity contribution in [1.29, 1.82) is 0 Å². The summed E-state index contributed by atoms with van der Waals surface area (Å²) in [5.41, 5.74) is 3.81. The van der Waals surface area contributed by atoms with Crippen LogP contribution in [0.1, 0.15) is 22.3 Å². The Kier molecular flexibility index (Phi) is 8.92. The lowest BCUT2D eigenvalue weighted by molar-refractivity contribution is -0.111. The number of carbonyl (C=O) groups excluding carboxylic acids is 1. The molecule has 0 radical (unpaired) electrons. The number of nitrogens with zero attached hydrogens (tertiary/aromatic N) is 2. The maximum absolute atomic E-state index is 12.6. The summed E-state index contributed by atoms with van der Waals surface area (Å²) in [6, 6.07) is 18.9. The number of aromatic nitrogens is 2. The van der Waals surface area contributed by atoms with Crippen molar-refractivity contribution < 1.29 is 14.3 Å². The monoisotopic (exact) mass is 599 g/mol. The van der Waals surface area contributed by atoms with Gasteiger partial charge in [0, 0.05) is 17.8 Å². The van der Waals surface area contributed by atoms with Gasteiger partial charge >= 0.3 is 0 Å². The van der Waals surface area contributed by atoms with Gasteiger partial charge in [-0.25, -0.2) is 0 Å². The molecule has 4 rings (SSSR count). The van der Waals surface area contributed by atoms with Gasteiger partial charge in [0.15, 0.2) is 5.82 Å². The summed E-state index contributed by atoms with van der Waals surface area (Å²) in [6.45, 7) is 2.84. The molecule has 1 aromatic heterocycles. The van der Waals surface area contributed by atoms with E-state index in [4.69, 9.17) is 32.7 Å².